The molecule has 3 N–H and O–H groups in total. The van der Waals surface area contributed by atoms with Gasteiger partial charge in [-0.05, 0) is 26.3 Å². The lowest BCUT2D eigenvalue weighted by molar-refractivity contribution is -0.297. The summed E-state index contributed by atoms with van der Waals surface area (Å²) in [6.07, 6.45) is -1.19. The topological polar surface area (TPSA) is 99.5 Å². The van der Waals surface area contributed by atoms with Gasteiger partial charge >= 0.3 is 13.2 Å². The molecule has 1 aromatic carbocycles. The van der Waals surface area contributed by atoms with Crippen molar-refractivity contribution in [1.29, 1.82) is 0 Å². The Morgan fingerprint density at radius 2 is 1.68 bits per heavy atom. The molecule has 0 aliphatic heterocycles. The molecule has 7 nitrogen and oxygen atoms in total. The van der Waals surface area contributed by atoms with Crippen LogP contribution in [0.1, 0.15) is 26.3 Å². The molecular weight excluding hydrogens is 309 g/mol. The normalized spacial score (nSPS) is 14.3. The minimum absolute atomic E-state index is 0.0170. The molecule has 0 saturated carbocycles. The van der Waals surface area contributed by atoms with E-state index >= 15 is 0 Å². The predicted octanol–water partition coefficient (Wildman–Crippen LogP) is 1.69. The summed E-state index contributed by atoms with van der Waals surface area (Å²) in [5.41, 5.74) is -1.55. The Balaban J connectivity index is 3.28. The minimum atomic E-state index is -4.87. The second-order valence-corrected chi connectivity index (χ2v) is 6.36. The van der Waals surface area contributed by atoms with Gasteiger partial charge in [0.2, 0.25) is 0 Å². The van der Waals surface area contributed by atoms with E-state index in [4.69, 9.17) is 9.47 Å². The maximum absolute atomic E-state index is 12.1. The molecule has 0 fully saturated rings. The number of hydrogen-bond acceptors (Lipinski definition) is 5. The monoisotopic (exact) mass is 333 g/mol. The predicted molar refractivity (Wildman–Crippen MR) is 81.7 cm³/mol. The third kappa shape index (κ3) is 4.36. The van der Waals surface area contributed by atoms with Gasteiger partial charge in [0, 0.05) is 19.8 Å². The average molecular weight is 333 g/mol. The lowest BCUT2D eigenvalue weighted by Crippen LogP contribution is -2.55. The van der Waals surface area contributed by atoms with Crippen molar-refractivity contribution in [2.24, 2.45) is 0 Å². The Labute approximate surface area is 130 Å². The Morgan fingerprint density at radius 3 is 2.05 bits per heavy atom. The highest BCUT2D eigenvalue weighted by molar-refractivity contribution is 7.53. The smallest absolute Gasteiger partial charge is 0.378 e. The van der Waals surface area contributed by atoms with Crippen LogP contribution in [-0.4, -0.2) is 44.9 Å². The SMILES string of the molecule is CCOC(OCC)(N(Cc1ccccc1)C(C)O)P(=O)(O)O. The van der Waals surface area contributed by atoms with Gasteiger partial charge in [-0.3, -0.25) is 4.57 Å². The van der Waals surface area contributed by atoms with Crippen molar-refractivity contribution in [3.05, 3.63) is 35.9 Å². The van der Waals surface area contributed by atoms with Gasteiger partial charge in [0.15, 0.2) is 0 Å². The number of nitrogens with zero attached hydrogens (tertiary/aromatic N) is 1. The van der Waals surface area contributed by atoms with Crippen LogP contribution in [0.25, 0.3) is 0 Å². The van der Waals surface area contributed by atoms with Crippen molar-refractivity contribution in [2.75, 3.05) is 13.2 Å². The Kier molecular flexibility index (Phi) is 7.15. The standard InChI is InChI=1S/C14H24NO6P/c1-4-20-14(21-5-2,22(17,18)19)15(12(3)16)11-13-9-7-6-8-10-13/h6-10,12,16H,4-5,11H2,1-3H3,(H2,17,18,19). The lowest BCUT2D eigenvalue weighted by Gasteiger charge is -2.43. The molecule has 1 rings (SSSR count). The van der Waals surface area contributed by atoms with Gasteiger partial charge in [-0.2, -0.15) is 0 Å². The first-order valence-corrected chi connectivity index (χ1v) is 8.72. The Bertz CT molecular complexity index is 483. The number of ether oxygens (including phenoxy) is 2. The molecule has 0 aliphatic rings. The summed E-state index contributed by atoms with van der Waals surface area (Å²) in [6, 6.07) is 9.01. The van der Waals surface area contributed by atoms with Crippen LogP contribution in [-0.2, 0) is 20.6 Å². The molecule has 1 atom stereocenters. The van der Waals surface area contributed by atoms with Gasteiger partial charge in [0.25, 0.3) is 0 Å². The quantitative estimate of drug-likeness (QED) is 0.467. The second kappa shape index (κ2) is 8.17. The van der Waals surface area contributed by atoms with Crippen LogP contribution in [0.4, 0.5) is 0 Å². The van der Waals surface area contributed by atoms with Crippen LogP contribution >= 0.6 is 7.60 Å². The summed E-state index contributed by atoms with van der Waals surface area (Å²) >= 11 is 0. The minimum Gasteiger partial charge on any atom is -0.378 e. The second-order valence-electron chi connectivity index (χ2n) is 4.70. The molecular formula is C14H24NO6P. The summed E-state index contributed by atoms with van der Waals surface area (Å²) < 4.78 is 22.7. The van der Waals surface area contributed by atoms with Gasteiger partial charge in [-0.25, -0.2) is 4.90 Å². The van der Waals surface area contributed by atoms with Gasteiger partial charge in [-0.15, -0.1) is 0 Å². The molecule has 0 amide bonds. The number of benzene rings is 1. The van der Waals surface area contributed by atoms with Crippen molar-refractivity contribution in [1.82, 2.24) is 4.90 Å². The first kappa shape index (κ1) is 19.3. The zero-order valence-electron chi connectivity index (χ0n) is 13.0. The van der Waals surface area contributed by atoms with E-state index in [2.05, 4.69) is 0 Å². The van der Waals surface area contributed by atoms with E-state index < -0.39 is 19.5 Å². The van der Waals surface area contributed by atoms with E-state index in [1.807, 2.05) is 6.07 Å². The number of aliphatic hydroxyl groups is 1. The molecule has 22 heavy (non-hydrogen) atoms. The van der Waals surface area contributed by atoms with E-state index in [1.165, 1.54) is 6.92 Å². The summed E-state index contributed by atoms with van der Waals surface area (Å²) in [5, 5.41) is 10.0. The van der Waals surface area contributed by atoms with Gasteiger partial charge < -0.3 is 24.4 Å². The molecule has 126 valence electrons. The molecule has 0 saturated heterocycles. The molecule has 0 radical (unpaired) electrons. The Hall–Kier alpha value is -0.790. The molecule has 0 aromatic heterocycles. The van der Waals surface area contributed by atoms with E-state index in [0.717, 1.165) is 10.5 Å². The third-order valence-corrected chi connectivity index (χ3v) is 4.29. The van der Waals surface area contributed by atoms with Crippen molar-refractivity contribution < 1.29 is 28.9 Å². The van der Waals surface area contributed by atoms with Crippen LogP contribution in [0.2, 0.25) is 0 Å². The number of rotatable bonds is 9. The summed E-state index contributed by atoms with van der Waals surface area (Å²) in [5.74, 6) is 0. The van der Waals surface area contributed by atoms with E-state index in [-0.39, 0.29) is 19.8 Å². The van der Waals surface area contributed by atoms with Crippen LogP contribution in [0.3, 0.4) is 0 Å². The molecule has 1 aromatic rings. The van der Waals surface area contributed by atoms with E-state index in [1.54, 1.807) is 38.1 Å². The zero-order valence-corrected chi connectivity index (χ0v) is 13.9. The largest absolute Gasteiger partial charge is 0.401 e. The van der Waals surface area contributed by atoms with Crippen LogP contribution in [0.15, 0.2) is 30.3 Å². The summed E-state index contributed by atoms with van der Waals surface area (Å²) in [4.78, 5) is 20.7. The van der Waals surface area contributed by atoms with Crippen molar-refractivity contribution in [3.8, 4) is 0 Å². The van der Waals surface area contributed by atoms with E-state index in [0.29, 0.717) is 0 Å². The van der Waals surface area contributed by atoms with E-state index in [9.17, 15) is 19.5 Å². The highest BCUT2D eigenvalue weighted by Crippen LogP contribution is 2.54. The summed E-state index contributed by atoms with van der Waals surface area (Å²) in [7, 11) is -4.87. The van der Waals surface area contributed by atoms with Crippen LogP contribution < -0.4 is 0 Å². The zero-order chi connectivity index (χ0) is 16.8. The molecule has 1 unspecified atom stereocenters. The molecule has 8 heteroatoms. The van der Waals surface area contributed by atoms with Gasteiger partial charge in [0.1, 0.15) is 6.23 Å². The fourth-order valence-electron chi connectivity index (χ4n) is 2.17. The molecule has 0 bridgehead atoms. The summed E-state index contributed by atoms with van der Waals surface area (Å²) in [6.45, 7) is 4.71. The van der Waals surface area contributed by atoms with Crippen molar-refractivity contribution >= 4 is 7.60 Å². The fourth-order valence-corrected chi connectivity index (χ4v) is 3.33. The van der Waals surface area contributed by atoms with Crippen LogP contribution in [0, 0.1) is 0 Å². The lowest BCUT2D eigenvalue weighted by atomic mass is 10.2. The number of hydrogen-bond donors (Lipinski definition) is 3. The molecule has 0 aliphatic carbocycles. The fraction of sp³-hybridized carbons (Fsp3) is 0.571. The first-order chi connectivity index (χ1) is 10.3. The highest BCUT2D eigenvalue weighted by atomic mass is 31.2. The third-order valence-electron chi connectivity index (χ3n) is 3.04. The maximum Gasteiger partial charge on any atom is 0.401 e. The number of aliphatic hydroxyl groups excluding tert-OH is 1. The average Bonchev–Trinajstić information content (AvgIpc) is 2.44. The van der Waals surface area contributed by atoms with Gasteiger partial charge in [0.05, 0.1) is 0 Å². The first-order valence-electron chi connectivity index (χ1n) is 7.10. The Morgan fingerprint density at radius 1 is 1.18 bits per heavy atom. The molecule has 0 spiro atoms. The maximum atomic E-state index is 12.1. The van der Waals surface area contributed by atoms with Crippen molar-refractivity contribution in [2.45, 2.75) is 39.2 Å². The highest BCUT2D eigenvalue weighted by Gasteiger charge is 2.56. The van der Waals surface area contributed by atoms with Crippen LogP contribution in [0.5, 0.6) is 0 Å². The van der Waals surface area contributed by atoms with Crippen molar-refractivity contribution in [3.63, 3.8) is 0 Å². The molecule has 0 heterocycles. The van der Waals surface area contributed by atoms with Gasteiger partial charge in [-0.1, -0.05) is 30.3 Å².